The fourth-order valence-electron chi connectivity index (χ4n) is 2.12. The van der Waals surface area contributed by atoms with Crippen LogP contribution in [0.25, 0.3) is 0 Å². The monoisotopic (exact) mass is 385 g/mol. The number of hydrogen-bond acceptors (Lipinski definition) is 5. The Kier molecular flexibility index (Phi) is 7.49. The zero-order valence-electron chi connectivity index (χ0n) is 14.1. The number of aliphatic imine (C=N–C) groups is 1. The lowest BCUT2D eigenvalue weighted by atomic mass is 10.1. The number of benzene rings is 1. The molecule has 2 rings (SSSR count). The zero-order chi connectivity index (χ0) is 18.2. The largest absolute Gasteiger partial charge is 0.386 e. The van der Waals surface area contributed by atoms with Gasteiger partial charge in [0, 0.05) is 29.6 Å². The second-order valence-electron chi connectivity index (χ2n) is 5.35. The SMILES string of the molecule is CCNC(=NCC(O)c1cc(Cl)cc(Cl)c1)NCCc1nc(C)no1. The number of aliphatic hydroxyl groups is 1. The molecule has 3 N–H and O–H groups in total. The fourth-order valence-corrected chi connectivity index (χ4v) is 2.66. The Labute approximate surface area is 156 Å². The minimum absolute atomic E-state index is 0.172. The van der Waals surface area contributed by atoms with E-state index >= 15 is 0 Å². The fraction of sp³-hybridized carbons (Fsp3) is 0.438. The summed E-state index contributed by atoms with van der Waals surface area (Å²) in [5.74, 6) is 1.76. The van der Waals surface area contributed by atoms with Gasteiger partial charge in [0.15, 0.2) is 11.8 Å². The van der Waals surface area contributed by atoms with E-state index in [1.165, 1.54) is 0 Å². The Bertz CT molecular complexity index is 700. The van der Waals surface area contributed by atoms with Crippen LogP contribution >= 0.6 is 23.2 Å². The first-order chi connectivity index (χ1) is 12.0. The minimum atomic E-state index is -0.801. The molecule has 1 atom stereocenters. The molecular weight excluding hydrogens is 365 g/mol. The molecule has 1 aromatic carbocycles. The van der Waals surface area contributed by atoms with Gasteiger partial charge in [0.05, 0.1) is 12.6 Å². The average molecular weight is 386 g/mol. The van der Waals surface area contributed by atoms with Crippen LogP contribution in [0.1, 0.15) is 30.3 Å². The summed E-state index contributed by atoms with van der Waals surface area (Å²) in [5, 5.41) is 21.2. The van der Waals surface area contributed by atoms with E-state index in [1.54, 1.807) is 25.1 Å². The Morgan fingerprint density at radius 3 is 2.60 bits per heavy atom. The highest BCUT2D eigenvalue weighted by Gasteiger charge is 2.10. The van der Waals surface area contributed by atoms with Crippen LogP contribution in [0.15, 0.2) is 27.7 Å². The molecule has 0 amide bonds. The van der Waals surface area contributed by atoms with Crippen molar-refractivity contribution in [3.63, 3.8) is 0 Å². The van der Waals surface area contributed by atoms with Crippen molar-refractivity contribution in [1.82, 2.24) is 20.8 Å². The van der Waals surface area contributed by atoms with Gasteiger partial charge in [-0.05, 0) is 37.6 Å². The smallest absolute Gasteiger partial charge is 0.228 e. The van der Waals surface area contributed by atoms with Crippen LogP contribution in [-0.2, 0) is 6.42 Å². The molecule has 9 heteroatoms. The highest BCUT2D eigenvalue weighted by Crippen LogP contribution is 2.23. The predicted molar refractivity (Wildman–Crippen MR) is 98.1 cm³/mol. The van der Waals surface area contributed by atoms with Gasteiger partial charge in [-0.2, -0.15) is 4.98 Å². The molecule has 0 saturated carbocycles. The first kappa shape index (κ1) is 19.5. The summed E-state index contributed by atoms with van der Waals surface area (Å²) in [6.45, 7) is 5.18. The molecule has 136 valence electrons. The maximum atomic E-state index is 10.3. The standard InChI is InChI=1S/C16H21Cl2N5O2/c1-3-19-16(20-5-4-15-22-10(2)23-25-15)21-9-14(24)11-6-12(17)8-13(18)7-11/h6-8,14,24H,3-5,9H2,1-2H3,(H2,19,20,21). The van der Waals surface area contributed by atoms with Crippen LogP contribution in [0.3, 0.4) is 0 Å². The highest BCUT2D eigenvalue weighted by molar-refractivity contribution is 6.34. The number of nitrogens with one attached hydrogen (secondary N) is 2. The van der Waals surface area contributed by atoms with E-state index in [-0.39, 0.29) is 6.54 Å². The summed E-state index contributed by atoms with van der Waals surface area (Å²) in [6.07, 6.45) is -0.220. The van der Waals surface area contributed by atoms with Crippen LogP contribution < -0.4 is 10.6 Å². The van der Waals surface area contributed by atoms with E-state index in [9.17, 15) is 5.11 Å². The Hall–Kier alpha value is -1.83. The molecule has 1 unspecified atom stereocenters. The van der Waals surface area contributed by atoms with Gasteiger partial charge in [-0.25, -0.2) is 0 Å². The molecule has 0 radical (unpaired) electrons. The lowest BCUT2D eigenvalue weighted by Gasteiger charge is -2.13. The number of aryl methyl sites for hydroxylation is 1. The first-order valence-corrected chi connectivity index (χ1v) is 8.69. The third kappa shape index (κ3) is 6.53. The summed E-state index contributed by atoms with van der Waals surface area (Å²) in [5.41, 5.74) is 0.624. The van der Waals surface area contributed by atoms with Crippen molar-refractivity contribution < 1.29 is 9.63 Å². The van der Waals surface area contributed by atoms with Crippen LogP contribution in [0.5, 0.6) is 0 Å². The van der Waals surface area contributed by atoms with Crippen LogP contribution in [0.4, 0.5) is 0 Å². The summed E-state index contributed by atoms with van der Waals surface area (Å²) in [4.78, 5) is 8.52. The Morgan fingerprint density at radius 1 is 1.28 bits per heavy atom. The van der Waals surface area contributed by atoms with Crippen LogP contribution in [-0.4, -0.2) is 40.8 Å². The van der Waals surface area contributed by atoms with E-state index in [0.29, 0.717) is 52.8 Å². The van der Waals surface area contributed by atoms with Gasteiger partial charge in [-0.15, -0.1) is 0 Å². The van der Waals surface area contributed by atoms with Gasteiger partial charge in [-0.3, -0.25) is 4.99 Å². The van der Waals surface area contributed by atoms with E-state index in [1.807, 2.05) is 6.92 Å². The van der Waals surface area contributed by atoms with Gasteiger partial charge in [0.25, 0.3) is 0 Å². The molecule has 0 aliphatic rings. The molecule has 7 nitrogen and oxygen atoms in total. The van der Waals surface area contributed by atoms with Crippen molar-refractivity contribution in [2.24, 2.45) is 4.99 Å². The molecular formula is C16H21Cl2N5O2. The van der Waals surface area contributed by atoms with E-state index < -0.39 is 6.10 Å². The summed E-state index contributed by atoms with van der Waals surface area (Å²) in [7, 11) is 0. The second kappa shape index (κ2) is 9.60. The molecule has 1 aromatic heterocycles. The second-order valence-corrected chi connectivity index (χ2v) is 6.22. The quantitative estimate of drug-likeness (QED) is 0.500. The normalized spacial score (nSPS) is 12.9. The highest BCUT2D eigenvalue weighted by atomic mass is 35.5. The molecule has 2 aromatic rings. The van der Waals surface area contributed by atoms with Gasteiger partial charge in [0.2, 0.25) is 5.89 Å². The molecule has 0 aliphatic heterocycles. The Morgan fingerprint density at radius 2 is 2.00 bits per heavy atom. The van der Waals surface area contributed by atoms with Crippen molar-refractivity contribution in [1.29, 1.82) is 0 Å². The van der Waals surface area contributed by atoms with Gasteiger partial charge < -0.3 is 20.3 Å². The molecule has 1 heterocycles. The molecule has 0 fully saturated rings. The average Bonchev–Trinajstić information content (AvgIpc) is 2.96. The van der Waals surface area contributed by atoms with Gasteiger partial charge >= 0.3 is 0 Å². The number of hydrogen-bond donors (Lipinski definition) is 3. The summed E-state index contributed by atoms with van der Waals surface area (Å²) >= 11 is 11.9. The summed E-state index contributed by atoms with van der Waals surface area (Å²) < 4.78 is 5.06. The number of guanidine groups is 1. The van der Waals surface area contributed by atoms with Crippen molar-refractivity contribution >= 4 is 29.2 Å². The molecule has 0 saturated heterocycles. The number of aliphatic hydroxyl groups excluding tert-OH is 1. The van der Waals surface area contributed by atoms with Crippen molar-refractivity contribution in [3.8, 4) is 0 Å². The van der Waals surface area contributed by atoms with Crippen molar-refractivity contribution in [2.45, 2.75) is 26.4 Å². The number of aromatic nitrogens is 2. The van der Waals surface area contributed by atoms with Crippen molar-refractivity contribution in [2.75, 3.05) is 19.6 Å². The maximum Gasteiger partial charge on any atom is 0.228 e. The van der Waals surface area contributed by atoms with Gasteiger partial charge in [-0.1, -0.05) is 28.4 Å². The van der Waals surface area contributed by atoms with Gasteiger partial charge in [0.1, 0.15) is 0 Å². The van der Waals surface area contributed by atoms with Crippen LogP contribution in [0.2, 0.25) is 10.0 Å². The molecule has 25 heavy (non-hydrogen) atoms. The number of nitrogens with zero attached hydrogens (tertiary/aromatic N) is 3. The van der Waals surface area contributed by atoms with Crippen LogP contribution in [0, 0.1) is 6.92 Å². The van der Waals surface area contributed by atoms with Crippen molar-refractivity contribution in [3.05, 3.63) is 45.5 Å². The van der Waals surface area contributed by atoms with E-state index in [4.69, 9.17) is 27.7 Å². The molecule has 0 aliphatic carbocycles. The molecule has 0 bridgehead atoms. The third-order valence-corrected chi connectivity index (χ3v) is 3.67. The molecule has 0 spiro atoms. The topological polar surface area (TPSA) is 95.6 Å². The number of halogens is 2. The van der Waals surface area contributed by atoms with E-state index in [0.717, 1.165) is 0 Å². The zero-order valence-corrected chi connectivity index (χ0v) is 15.6. The lowest BCUT2D eigenvalue weighted by molar-refractivity contribution is 0.187. The summed E-state index contributed by atoms with van der Waals surface area (Å²) in [6, 6.07) is 4.96. The Balaban J connectivity index is 1.91. The lowest BCUT2D eigenvalue weighted by Crippen LogP contribution is -2.38. The predicted octanol–water partition coefficient (Wildman–Crippen LogP) is 2.52. The maximum absolute atomic E-state index is 10.3. The number of rotatable bonds is 7. The first-order valence-electron chi connectivity index (χ1n) is 7.93. The van der Waals surface area contributed by atoms with E-state index in [2.05, 4.69) is 25.8 Å². The minimum Gasteiger partial charge on any atom is -0.386 e. The third-order valence-electron chi connectivity index (χ3n) is 3.24.